The van der Waals surface area contributed by atoms with Crippen LogP contribution in [0.2, 0.25) is 5.02 Å². The van der Waals surface area contributed by atoms with Crippen LogP contribution in [0.5, 0.6) is 5.75 Å². The van der Waals surface area contributed by atoms with Gasteiger partial charge in [-0.2, -0.15) is 0 Å². The Morgan fingerprint density at radius 1 is 1.00 bits per heavy atom. The highest BCUT2D eigenvalue weighted by molar-refractivity contribution is 6.30. The number of nitrogens with one attached hydrogen (secondary N) is 2. The van der Waals surface area contributed by atoms with E-state index >= 15 is 0 Å². The van der Waals surface area contributed by atoms with Crippen molar-refractivity contribution in [3.63, 3.8) is 0 Å². The van der Waals surface area contributed by atoms with Gasteiger partial charge in [0, 0.05) is 34.2 Å². The van der Waals surface area contributed by atoms with Gasteiger partial charge in [0.15, 0.2) is 0 Å². The number of hydrogen-bond donors (Lipinski definition) is 2. The molecule has 0 saturated heterocycles. The van der Waals surface area contributed by atoms with Gasteiger partial charge in [0.25, 0.3) is 0 Å². The summed E-state index contributed by atoms with van der Waals surface area (Å²) >= 11 is 5.84. The zero-order valence-corrected chi connectivity index (χ0v) is 17.2. The van der Waals surface area contributed by atoms with Crippen LogP contribution in [-0.4, -0.2) is 22.5 Å². The highest BCUT2D eigenvalue weighted by Crippen LogP contribution is 2.19. The predicted molar refractivity (Wildman–Crippen MR) is 116 cm³/mol. The molecule has 0 aliphatic carbocycles. The van der Waals surface area contributed by atoms with Crippen LogP contribution in [0, 0.1) is 13.8 Å². The molecule has 1 heterocycles. The lowest BCUT2D eigenvalue weighted by Gasteiger charge is -2.10. The molecule has 0 aliphatic rings. The zero-order chi connectivity index (χ0) is 20.6. The van der Waals surface area contributed by atoms with Crippen molar-refractivity contribution >= 4 is 34.8 Å². The number of aromatic nitrogens is 2. The summed E-state index contributed by atoms with van der Waals surface area (Å²) in [5.41, 5.74) is 3.30. The van der Waals surface area contributed by atoms with Gasteiger partial charge in [-0.15, -0.1) is 0 Å². The number of aryl methyl sites for hydroxylation is 2. The number of hydrogen-bond acceptors (Lipinski definition) is 5. The van der Waals surface area contributed by atoms with Crippen molar-refractivity contribution in [3.05, 3.63) is 71.0 Å². The van der Waals surface area contributed by atoms with Crippen LogP contribution in [0.4, 0.5) is 17.3 Å². The fraction of sp³-hybridized carbons (Fsp3) is 0.227. The van der Waals surface area contributed by atoms with Crippen LogP contribution < -0.4 is 15.4 Å². The first-order valence-electron chi connectivity index (χ1n) is 9.35. The fourth-order valence-corrected chi connectivity index (χ4v) is 2.89. The summed E-state index contributed by atoms with van der Waals surface area (Å²) in [5.74, 6) is 1.21. The summed E-state index contributed by atoms with van der Waals surface area (Å²) in [6.45, 7) is 4.31. The molecule has 2 N–H and O–H groups in total. The van der Waals surface area contributed by atoms with Crippen molar-refractivity contribution in [2.45, 2.75) is 26.7 Å². The van der Waals surface area contributed by atoms with Crippen LogP contribution in [-0.2, 0) is 4.79 Å². The van der Waals surface area contributed by atoms with Gasteiger partial charge in [0.2, 0.25) is 11.9 Å². The molecule has 0 radical (unpaired) electrons. The van der Waals surface area contributed by atoms with E-state index < -0.39 is 0 Å². The Morgan fingerprint density at radius 3 is 2.41 bits per heavy atom. The lowest BCUT2D eigenvalue weighted by molar-refractivity contribution is -0.116. The van der Waals surface area contributed by atoms with Crippen molar-refractivity contribution in [2.24, 2.45) is 0 Å². The average molecular weight is 411 g/mol. The molecule has 0 atom stereocenters. The molecule has 29 heavy (non-hydrogen) atoms. The van der Waals surface area contributed by atoms with Gasteiger partial charge in [0.05, 0.1) is 6.61 Å². The molecule has 0 aliphatic heterocycles. The van der Waals surface area contributed by atoms with Crippen molar-refractivity contribution in [1.29, 1.82) is 0 Å². The third-order valence-electron chi connectivity index (χ3n) is 4.02. The Kier molecular flexibility index (Phi) is 7.03. The Hall–Kier alpha value is -3.12. The third-order valence-corrected chi connectivity index (χ3v) is 4.27. The number of halogens is 1. The summed E-state index contributed by atoms with van der Waals surface area (Å²) in [6.07, 6.45) is 0.980. The highest BCUT2D eigenvalue weighted by atomic mass is 35.5. The summed E-state index contributed by atoms with van der Waals surface area (Å²) in [4.78, 5) is 20.9. The summed E-state index contributed by atoms with van der Waals surface area (Å²) in [7, 11) is 0. The predicted octanol–water partition coefficient (Wildman–Crippen LogP) is 5.29. The fourth-order valence-electron chi connectivity index (χ4n) is 2.76. The minimum Gasteiger partial charge on any atom is -0.494 e. The van der Waals surface area contributed by atoms with Crippen LogP contribution in [0.1, 0.15) is 24.2 Å². The molecule has 2 aromatic carbocycles. The molecule has 0 spiro atoms. The molecular formula is C22H23ClN4O2. The number of carbonyl (C=O) groups is 1. The SMILES string of the molecule is Cc1cc(C)nc(Nc2cccc(NC(=O)CCCOc3ccc(Cl)cc3)c2)n1. The first-order valence-corrected chi connectivity index (χ1v) is 9.73. The summed E-state index contributed by atoms with van der Waals surface area (Å²) in [6, 6.07) is 16.5. The maximum Gasteiger partial charge on any atom is 0.227 e. The molecule has 1 amide bonds. The Morgan fingerprint density at radius 2 is 1.69 bits per heavy atom. The van der Waals surface area contributed by atoms with E-state index in [2.05, 4.69) is 20.6 Å². The largest absolute Gasteiger partial charge is 0.494 e. The molecule has 1 aromatic heterocycles. The summed E-state index contributed by atoms with van der Waals surface area (Å²) < 4.78 is 5.60. The number of carbonyl (C=O) groups excluding carboxylic acids is 1. The second kappa shape index (κ2) is 9.89. The molecule has 3 aromatic rings. The minimum atomic E-state index is -0.0653. The minimum absolute atomic E-state index is 0.0653. The smallest absolute Gasteiger partial charge is 0.227 e. The van der Waals surface area contributed by atoms with Gasteiger partial charge < -0.3 is 15.4 Å². The molecule has 150 valence electrons. The van der Waals surface area contributed by atoms with Crippen molar-refractivity contribution in [3.8, 4) is 5.75 Å². The van der Waals surface area contributed by atoms with E-state index in [1.807, 2.05) is 44.2 Å². The monoisotopic (exact) mass is 410 g/mol. The second-order valence-electron chi connectivity index (χ2n) is 6.63. The molecule has 0 fully saturated rings. The topological polar surface area (TPSA) is 76.1 Å². The molecule has 0 bridgehead atoms. The van der Waals surface area contributed by atoms with Crippen LogP contribution in [0.25, 0.3) is 0 Å². The first kappa shape index (κ1) is 20.6. The van der Waals surface area contributed by atoms with Gasteiger partial charge in [-0.3, -0.25) is 4.79 Å². The molecule has 0 saturated carbocycles. The standard InChI is InChI=1S/C22H23ClN4O2/c1-15-13-16(2)25-22(24-15)27-19-6-3-5-18(14-19)26-21(28)7-4-12-29-20-10-8-17(23)9-11-20/h3,5-6,8-11,13-14H,4,7,12H2,1-2H3,(H,26,28)(H,24,25,27). The molecule has 7 heteroatoms. The van der Waals surface area contributed by atoms with E-state index in [0.29, 0.717) is 36.1 Å². The lowest BCUT2D eigenvalue weighted by atomic mass is 10.2. The Bertz CT molecular complexity index is 957. The van der Waals surface area contributed by atoms with E-state index in [9.17, 15) is 4.79 Å². The highest BCUT2D eigenvalue weighted by Gasteiger charge is 2.05. The normalized spacial score (nSPS) is 10.4. The van der Waals surface area contributed by atoms with Gasteiger partial charge in [-0.1, -0.05) is 17.7 Å². The lowest BCUT2D eigenvalue weighted by Crippen LogP contribution is -2.13. The van der Waals surface area contributed by atoms with Crippen molar-refractivity contribution < 1.29 is 9.53 Å². The van der Waals surface area contributed by atoms with Crippen LogP contribution >= 0.6 is 11.6 Å². The van der Waals surface area contributed by atoms with E-state index in [4.69, 9.17) is 16.3 Å². The van der Waals surface area contributed by atoms with E-state index in [1.54, 1.807) is 24.3 Å². The number of nitrogens with zero attached hydrogens (tertiary/aromatic N) is 2. The van der Waals surface area contributed by atoms with Gasteiger partial charge in [0.1, 0.15) is 5.75 Å². The van der Waals surface area contributed by atoms with E-state index in [0.717, 1.165) is 22.8 Å². The Labute approximate surface area is 175 Å². The number of anilines is 3. The first-order chi connectivity index (χ1) is 14.0. The van der Waals surface area contributed by atoms with E-state index in [1.165, 1.54) is 0 Å². The molecule has 6 nitrogen and oxygen atoms in total. The quantitative estimate of drug-likeness (QED) is 0.493. The maximum atomic E-state index is 12.2. The second-order valence-corrected chi connectivity index (χ2v) is 7.07. The number of ether oxygens (including phenoxy) is 1. The van der Waals surface area contributed by atoms with Gasteiger partial charge in [-0.25, -0.2) is 9.97 Å². The Balaban J connectivity index is 1.47. The van der Waals surface area contributed by atoms with Crippen molar-refractivity contribution in [1.82, 2.24) is 9.97 Å². The van der Waals surface area contributed by atoms with Crippen molar-refractivity contribution in [2.75, 3.05) is 17.2 Å². The van der Waals surface area contributed by atoms with Gasteiger partial charge >= 0.3 is 0 Å². The molecule has 3 rings (SSSR count). The number of amides is 1. The average Bonchev–Trinajstić information content (AvgIpc) is 2.66. The number of rotatable bonds is 8. The maximum absolute atomic E-state index is 12.2. The van der Waals surface area contributed by atoms with E-state index in [-0.39, 0.29) is 5.91 Å². The van der Waals surface area contributed by atoms with Crippen LogP contribution in [0.3, 0.4) is 0 Å². The molecular weight excluding hydrogens is 388 g/mol. The zero-order valence-electron chi connectivity index (χ0n) is 16.4. The van der Waals surface area contributed by atoms with Gasteiger partial charge in [-0.05, 0) is 68.8 Å². The van der Waals surface area contributed by atoms with Crippen LogP contribution in [0.15, 0.2) is 54.6 Å². The summed E-state index contributed by atoms with van der Waals surface area (Å²) in [5, 5.41) is 6.74. The third kappa shape index (κ3) is 6.76. The number of benzene rings is 2. The molecule has 0 unspecified atom stereocenters.